The van der Waals surface area contributed by atoms with E-state index < -0.39 is 6.17 Å². The standard InChI is InChI=1S/C25H45F/c1-3-5-6-7-20-10-17-24(25(26)18-20)23-15-13-22(14-16-23)21-11-8-19(4-2)9-12-21/h19-25H,3-18H2,1-2H3. The van der Waals surface area contributed by atoms with Crippen LogP contribution in [0.2, 0.25) is 0 Å². The fourth-order valence-electron chi connectivity index (χ4n) is 6.81. The van der Waals surface area contributed by atoms with Gasteiger partial charge in [-0.15, -0.1) is 0 Å². The van der Waals surface area contributed by atoms with Gasteiger partial charge in [-0.2, -0.15) is 0 Å². The summed E-state index contributed by atoms with van der Waals surface area (Å²) >= 11 is 0. The minimum absolute atomic E-state index is 0.411. The Labute approximate surface area is 163 Å². The van der Waals surface area contributed by atoms with Gasteiger partial charge < -0.3 is 0 Å². The molecule has 0 spiro atoms. The molecule has 0 saturated heterocycles. The number of unbranched alkanes of at least 4 members (excludes halogenated alkanes) is 2. The first-order valence-electron chi connectivity index (χ1n) is 12.3. The van der Waals surface area contributed by atoms with Crippen LogP contribution in [-0.4, -0.2) is 6.17 Å². The number of halogens is 1. The Hall–Kier alpha value is -0.0700. The molecule has 3 unspecified atom stereocenters. The summed E-state index contributed by atoms with van der Waals surface area (Å²) in [6.45, 7) is 4.63. The minimum Gasteiger partial charge on any atom is -0.247 e. The zero-order chi connectivity index (χ0) is 18.4. The fraction of sp³-hybridized carbons (Fsp3) is 1.00. The molecule has 0 bridgehead atoms. The quantitative estimate of drug-likeness (QED) is 0.398. The van der Waals surface area contributed by atoms with Crippen molar-refractivity contribution in [3.05, 3.63) is 0 Å². The highest BCUT2D eigenvalue weighted by atomic mass is 19.1. The number of hydrogen-bond donors (Lipinski definition) is 0. The van der Waals surface area contributed by atoms with Crippen LogP contribution in [0.4, 0.5) is 4.39 Å². The molecule has 3 rings (SSSR count). The van der Waals surface area contributed by atoms with E-state index in [1.807, 2.05) is 0 Å². The van der Waals surface area contributed by atoms with Gasteiger partial charge >= 0.3 is 0 Å². The lowest BCUT2D eigenvalue weighted by molar-refractivity contribution is 0.0452. The summed E-state index contributed by atoms with van der Waals surface area (Å²) in [6, 6.07) is 0. The van der Waals surface area contributed by atoms with Crippen LogP contribution in [0.15, 0.2) is 0 Å². The van der Waals surface area contributed by atoms with E-state index in [1.165, 1.54) is 96.3 Å². The van der Waals surface area contributed by atoms with Crippen LogP contribution in [0.5, 0.6) is 0 Å². The number of hydrogen-bond acceptors (Lipinski definition) is 0. The normalized spacial score (nSPS) is 41.9. The monoisotopic (exact) mass is 364 g/mol. The van der Waals surface area contributed by atoms with Crippen molar-refractivity contribution in [1.82, 2.24) is 0 Å². The highest BCUT2D eigenvalue weighted by molar-refractivity contribution is 4.89. The van der Waals surface area contributed by atoms with Crippen LogP contribution in [0, 0.1) is 35.5 Å². The molecule has 3 aliphatic rings. The lowest BCUT2D eigenvalue weighted by Crippen LogP contribution is -2.35. The third-order valence-electron chi connectivity index (χ3n) is 8.70. The van der Waals surface area contributed by atoms with Crippen molar-refractivity contribution < 1.29 is 4.39 Å². The van der Waals surface area contributed by atoms with Crippen LogP contribution in [0.25, 0.3) is 0 Å². The van der Waals surface area contributed by atoms with Crippen molar-refractivity contribution in [2.24, 2.45) is 35.5 Å². The molecule has 0 aliphatic heterocycles. The van der Waals surface area contributed by atoms with E-state index in [0.717, 1.165) is 24.2 Å². The number of alkyl halides is 1. The van der Waals surface area contributed by atoms with Crippen molar-refractivity contribution in [2.75, 3.05) is 0 Å². The van der Waals surface area contributed by atoms with Crippen molar-refractivity contribution >= 4 is 0 Å². The summed E-state index contributed by atoms with van der Waals surface area (Å²) < 4.78 is 14.9. The smallest absolute Gasteiger partial charge is 0.103 e. The van der Waals surface area contributed by atoms with E-state index in [2.05, 4.69) is 13.8 Å². The largest absolute Gasteiger partial charge is 0.247 e. The average Bonchev–Trinajstić information content (AvgIpc) is 2.69. The third kappa shape index (κ3) is 5.48. The maximum atomic E-state index is 14.9. The Morgan fingerprint density at radius 3 is 1.81 bits per heavy atom. The molecule has 0 N–H and O–H groups in total. The topological polar surface area (TPSA) is 0 Å². The van der Waals surface area contributed by atoms with E-state index in [-0.39, 0.29) is 0 Å². The van der Waals surface area contributed by atoms with E-state index >= 15 is 0 Å². The molecule has 0 aromatic heterocycles. The van der Waals surface area contributed by atoms with Gasteiger partial charge in [0.05, 0.1) is 0 Å². The molecular formula is C25H45F. The molecule has 0 aromatic carbocycles. The summed E-state index contributed by atoms with van der Waals surface area (Å²) in [4.78, 5) is 0. The molecule has 1 heteroatoms. The molecule has 152 valence electrons. The van der Waals surface area contributed by atoms with Gasteiger partial charge in [-0.1, -0.05) is 58.8 Å². The van der Waals surface area contributed by atoms with Gasteiger partial charge in [-0.05, 0) is 93.3 Å². The van der Waals surface area contributed by atoms with Crippen molar-refractivity contribution in [3.8, 4) is 0 Å². The SMILES string of the molecule is CCCCCC1CCC(C2CCC(C3CCC(CC)CC3)CC2)C(F)C1. The fourth-order valence-corrected chi connectivity index (χ4v) is 6.81. The van der Waals surface area contributed by atoms with E-state index in [1.54, 1.807) is 0 Å². The zero-order valence-corrected chi connectivity index (χ0v) is 17.7. The molecule has 0 aromatic rings. The van der Waals surface area contributed by atoms with Gasteiger partial charge in [0, 0.05) is 0 Å². The van der Waals surface area contributed by atoms with Crippen LogP contribution in [0.3, 0.4) is 0 Å². The average molecular weight is 365 g/mol. The Morgan fingerprint density at radius 2 is 1.23 bits per heavy atom. The van der Waals surface area contributed by atoms with Crippen molar-refractivity contribution in [2.45, 2.75) is 123 Å². The molecular weight excluding hydrogens is 319 g/mol. The Kier molecular flexibility index (Phi) is 8.32. The second-order valence-electron chi connectivity index (χ2n) is 10.2. The van der Waals surface area contributed by atoms with Gasteiger partial charge in [-0.25, -0.2) is 4.39 Å². The molecule has 0 nitrogen and oxygen atoms in total. The van der Waals surface area contributed by atoms with E-state index in [4.69, 9.17) is 0 Å². The minimum atomic E-state index is -0.489. The first-order chi connectivity index (χ1) is 12.7. The summed E-state index contributed by atoms with van der Waals surface area (Å²) in [6.07, 6.45) is 21.0. The highest BCUT2D eigenvalue weighted by Gasteiger charge is 2.38. The Balaban J connectivity index is 1.38. The highest BCUT2D eigenvalue weighted by Crippen LogP contribution is 2.47. The first-order valence-corrected chi connectivity index (χ1v) is 12.3. The van der Waals surface area contributed by atoms with Gasteiger partial charge in [0.2, 0.25) is 0 Å². The van der Waals surface area contributed by atoms with Crippen LogP contribution < -0.4 is 0 Å². The maximum Gasteiger partial charge on any atom is 0.103 e. The summed E-state index contributed by atoms with van der Waals surface area (Å²) in [7, 11) is 0. The molecule has 26 heavy (non-hydrogen) atoms. The maximum absolute atomic E-state index is 14.9. The molecule has 3 atom stereocenters. The predicted octanol–water partition coefficient (Wildman–Crippen LogP) is 8.34. The van der Waals surface area contributed by atoms with Crippen LogP contribution in [0.1, 0.15) is 117 Å². The predicted molar refractivity (Wildman–Crippen MR) is 111 cm³/mol. The van der Waals surface area contributed by atoms with E-state index in [9.17, 15) is 4.39 Å². The summed E-state index contributed by atoms with van der Waals surface area (Å²) in [5.41, 5.74) is 0. The van der Waals surface area contributed by atoms with E-state index in [0.29, 0.717) is 17.8 Å². The first kappa shape index (κ1) is 20.7. The molecule has 0 heterocycles. The summed E-state index contributed by atoms with van der Waals surface area (Å²) in [5, 5.41) is 0. The van der Waals surface area contributed by atoms with Crippen molar-refractivity contribution in [1.29, 1.82) is 0 Å². The van der Waals surface area contributed by atoms with Gasteiger partial charge in [-0.3, -0.25) is 0 Å². The zero-order valence-electron chi connectivity index (χ0n) is 17.7. The van der Waals surface area contributed by atoms with Gasteiger partial charge in [0.1, 0.15) is 6.17 Å². The Bertz CT molecular complexity index is 376. The Morgan fingerprint density at radius 1 is 0.654 bits per heavy atom. The van der Waals surface area contributed by atoms with Gasteiger partial charge in [0.15, 0.2) is 0 Å². The lowest BCUT2D eigenvalue weighted by atomic mass is 9.64. The third-order valence-corrected chi connectivity index (χ3v) is 8.70. The molecule has 0 radical (unpaired) electrons. The molecule has 3 saturated carbocycles. The van der Waals surface area contributed by atoms with Crippen LogP contribution >= 0.6 is 0 Å². The molecule has 0 amide bonds. The lowest BCUT2D eigenvalue weighted by Gasteiger charge is -2.42. The van der Waals surface area contributed by atoms with Gasteiger partial charge in [0.25, 0.3) is 0 Å². The molecule has 3 fully saturated rings. The summed E-state index contributed by atoms with van der Waals surface area (Å²) in [5.74, 6) is 4.82. The number of rotatable bonds is 7. The van der Waals surface area contributed by atoms with Crippen LogP contribution in [-0.2, 0) is 0 Å². The second-order valence-corrected chi connectivity index (χ2v) is 10.2. The second kappa shape index (κ2) is 10.5. The molecule has 3 aliphatic carbocycles. The van der Waals surface area contributed by atoms with Crippen molar-refractivity contribution in [3.63, 3.8) is 0 Å².